The summed E-state index contributed by atoms with van der Waals surface area (Å²) in [4.78, 5) is 23.8. The van der Waals surface area contributed by atoms with Gasteiger partial charge in [0.05, 0.1) is 12.3 Å². The largest absolute Gasteiger partial charge is 0.478 e. The average molecular weight is 316 g/mol. The summed E-state index contributed by atoms with van der Waals surface area (Å²) in [5, 5.41) is 16.2. The van der Waals surface area contributed by atoms with Crippen LogP contribution in [0.1, 0.15) is 23.1 Å². The molecular weight excluding hydrogens is 304 g/mol. The number of amides is 1. The standard InChI is InChI=1S/C15H12N2O4S/c18-14(5-6-15(19)20)17-11(13-4-2-8-22-13)9-10(16-17)12-3-1-7-21-12/h1-8,11H,9H2,(H,19,20)/b6-5-/t11-/m0/s1. The monoisotopic (exact) mass is 316 g/mol. The highest BCUT2D eigenvalue weighted by atomic mass is 32.1. The molecule has 0 unspecified atom stereocenters. The number of aliphatic carboxylic acids is 1. The SMILES string of the molecule is O=C(O)/C=C\C(=O)N1N=C(c2ccco2)C[C@H]1c1cccs1. The molecular formula is C15H12N2O4S. The van der Waals surface area contributed by atoms with Crippen LogP contribution in [0.25, 0.3) is 0 Å². The molecule has 0 aliphatic carbocycles. The summed E-state index contributed by atoms with van der Waals surface area (Å²) in [6.45, 7) is 0. The molecule has 0 saturated carbocycles. The fourth-order valence-corrected chi connectivity index (χ4v) is 3.04. The van der Waals surface area contributed by atoms with Crippen molar-refractivity contribution in [2.24, 2.45) is 5.10 Å². The number of furan rings is 1. The summed E-state index contributed by atoms with van der Waals surface area (Å²) >= 11 is 1.53. The van der Waals surface area contributed by atoms with Gasteiger partial charge in [0.1, 0.15) is 11.5 Å². The van der Waals surface area contributed by atoms with E-state index in [1.54, 1.807) is 18.4 Å². The second-order valence-corrected chi connectivity index (χ2v) is 5.59. The van der Waals surface area contributed by atoms with Crippen molar-refractivity contribution in [3.8, 4) is 0 Å². The Labute approximate surface area is 130 Å². The van der Waals surface area contributed by atoms with Crippen molar-refractivity contribution in [2.45, 2.75) is 12.5 Å². The molecule has 3 heterocycles. The molecule has 112 valence electrons. The Kier molecular flexibility index (Phi) is 3.88. The molecule has 3 rings (SSSR count). The Morgan fingerprint density at radius 1 is 1.36 bits per heavy atom. The number of carbonyl (C=O) groups is 2. The third kappa shape index (κ3) is 2.84. The third-order valence-electron chi connectivity index (χ3n) is 3.18. The maximum absolute atomic E-state index is 12.2. The summed E-state index contributed by atoms with van der Waals surface area (Å²) in [5.41, 5.74) is 0.667. The zero-order valence-electron chi connectivity index (χ0n) is 11.4. The number of carboxylic acid groups (broad SMARTS) is 1. The number of nitrogens with zero attached hydrogens (tertiary/aromatic N) is 2. The molecule has 0 saturated heterocycles. The maximum Gasteiger partial charge on any atom is 0.328 e. The molecule has 0 spiro atoms. The van der Waals surface area contributed by atoms with E-state index in [1.165, 1.54) is 16.3 Å². The van der Waals surface area contributed by atoms with Gasteiger partial charge in [-0.2, -0.15) is 5.10 Å². The van der Waals surface area contributed by atoms with Gasteiger partial charge in [-0.25, -0.2) is 9.80 Å². The number of hydrogen-bond acceptors (Lipinski definition) is 5. The Morgan fingerprint density at radius 3 is 2.86 bits per heavy atom. The highest BCUT2D eigenvalue weighted by molar-refractivity contribution is 7.10. The molecule has 6 nitrogen and oxygen atoms in total. The first-order chi connectivity index (χ1) is 10.6. The number of hydrazone groups is 1. The van der Waals surface area contributed by atoms with E-state index in [0.29, 0.717) is 17.9 Å². The topological polar surface area (TPSA) is 83.1 Å². The lowest BCUT2D eigenvalue weighted by atomic mass is 10.1. The maximum atomic E-state index is 12.2. The Morgan fingerprint density at radius 2 is 2.23 bits per heavy atom. The van der Waals surface area contributed by atoms with E-state index >= 15 is 0 Å². The smallest absolute Gasteiger partial charge is 0.328 e. The van der Waals surface area contributed by atoms with Crippen molar-refractivity contribution in [3.05, 3.63) is 58.7 Å². The molecule has 1 aliphatic heterocycles. The highest BCUT2D eigenvalue weighted by Crippen LogP contribution is 2.35. The molecule has 2 aromatic rings. The van der Waals surface area contributed by atoms with Crippen molar-refractivity contribution in [1.82, 2.24) is 5.01 Å². The van der Waals surface area contributed by atoms with E-state index in [9.17, 15) is 9.59 Å². The highest BCUT2D eigenvalue weighted by Gasteiger charge is 2.33. The molecule has 0 aromatic carbocycles. The number of carbonyl (C=O) groups excluding carboxylic acids is 1. The van der Waals surface area contributed by atoms with Crippen LogP contribution >= 0.6 is 11.3 Å². The van der Waals surface area contributed by atoms with Crippen molar-refractivity contribution in [2.75, 3.05) is 0 Å². The third-order valence-corrected chi connectivity index (χ3v) is 4.16. The van der Waals surface area contributed by atoms with Crippen molar-refractivity contribution >= 4 is 28.9 Å². The van der Waals surface area contributed by atoms with E-state index in [1.807, 2.05) is 17.5 Å². The molecule has 1 amide bonds. The average Bonchev–Trinajstić information content (AvgIpc) is 3.23. The number of thiophene rings is 1. The predicted molar refractivity (Wildman–Crippen MR) is 80.5 cm³/mol. The van der Waals surface area contributed by atoms with Gasteiger partial charge in [-0.1, -0.05) is 6.07 Å². The van der Waals surface area contributed by atoms with Gasteiger partial charge in [0.25, 0.3) is 5.91 Å². The molecule has 1 atom stereocenters. The van der Waals surface area contributed by atoms with E-state index in [4.69, 9.17) is 9.52 Å². The van der Waals surface area contributed by atoms with E-state index < -0.39 is 11.9 Å². The fraction of sp³-hybridized carbons (Fsp3) is 0.133. The van der Waals surface area contributed by atoms with Gasteiger partial charge >= 0.3 is 5.97 Å². The second kappa shape index (κ2) is 5.98. The van der Waals surface area contributed by atoms with Gasteiger partial charge in [-0.3, -0.25) is 4.79 Å². The minimum Gasteiger partial charge on any atom is -0.478 e. The quantitative estimate of drug-likeness (QED) is 0.879. The lowest BCUT2D eigenvalue weighted by Crippen LogP contribution is -2.24. The summed E-state index contributed by atoms with van der Waals surface area (Å²) < 4.78 is 5.33. The first kappa shape index (κ1) is 14.3. The molecule has 1 aliphatic rings. The minimum absolute atomic E-state index is 0.244. The number of carboxylic acids is 1. The first-order valence-electron chi connectivity index (χ1n) is 6.54. The Bertz CT molecular complexity index is 732. The lowest BCUT2D eigenvalue weighted by Gasteiger charge is -2.18. The Balaban J connectivity index is 1.90. The summed E-state index contributed by atoms with van der Waals surface area (Å²) in [6, 6.07) is 7.13. The molecule has 0 radical (unpaired) electrons. The van der Waals surface area contributed by atoms with Crippen LogP contribution in [0.5, 0.6) is 0 Å². The zero-order valence-corrected chi connectivity index (χ0v) is 12.2. The van der Waals surface area contributed by atoms with Crippen LogP contribution in [0.15, 0.2) is 57.6 Å². The van der Waals surface area contributed by atoms with Crippen LogP contribution in [0.3, 0.4) is 0 Å². The van der Waals surface area contributed by atoms with E-state index in [-0.39, 0.29) is 6.04 Å². The van der Waals surface area contributed by atoms with Gasteiger partial charge in [0.15, 0.2) is 0 Å². The van der Waals surface area contributed by atoms with Crippen LogP contribution in [0.2, 0.25) is 0 Å². The van der Waals surface area contributed by atoms with Crippen LogP contribution in [0.4, 0.5) is 0 Å². The summed E-state index contributed by atoms with van der Waals surface area (Å²) in [7, 11) is 0. The molecule has 2 aromatic heterocycles. The van der Waals surface area contributed by atoms with Crippen molar-refractivity contribution in [3.63, 3.8) is 0 Å². The van der Waals surface area contributed by atoms with Crippen LogP contribution < -0.4 is 0 Å². The van der Waals surface area contributed by atoms with E-state index in [2.05, 4.69) is 5.10 Å². The molecule has 22 heavy (non-hydrogen) atoms. The van der Waals surface area contributed by atoms with Gasteiger partial charge < -0.3 is 9.52 Å². The molecule has 1 N–H and O–H groups in total. The number of rotatable bonds is 4. The second-order valence-electron chi connectivity index (χ2n) is 4.61. The lowest BCUT2D eigenvalue weighted by molar-refractivity contribution is -0.132. The van der Waals surface area contributed by atoms with Crippen LogP contribution in [-0.4, -0.2) is 27.7 Å². The molecule has 0 bridgehead atoms. The van der Waals surface area contributed by atoms with Crippen molar-refractivity contribution < 1.29 is 19.1 Å². The van der Waals surface area contributed by atoms with Gasteiger partial charge in [-0.15, -0.1) is 11.3 Å². The van der Waals surface area contributed by atoms with Crippen LogP contribution in [-0.2, 0) is 9.59 Å². The normalized spacial score (nSPS) is 17.9. The zero-order chi connectivity index (χ0) is 15.5. The first-order valence-corrected chi connectivity index (χ1v) is 7.42. The summed E-state index contributed by atoms with van der Waals surface area (Å²) in [5.74, 6) is -1.03. The number of hydrogen-bond donors (Lipinski definition) is 1. The van der Waals surface area contributed by atoms with Gasteiger partial charge in [0.2, 0.25) is 0 Å². The van der Waals surface area contributed by atoms with E-state index in [0.717, 1.165) is 17.0 Å². The van der Waals surface area contributed by atoms with Gasteiger partial charge in [0, 0.05) is 23.5 Å². The molecule has 7 heteroatoms. The summed E-state index contributed by atoms with van der Waals surface area (Å²) in [6.07, 6.45) is 3.90. The van der Waals surface area contributed by atoms with Gasteiger partial charge in [-0.05, 0) is 23.6 Å². The Hall–Kier alpha value is -2.67. The molecule has 0 fully saturated rings. The minimum atomic E-state index is -1.17. The predicted octanol–water partition coefficient (Wildman–Crippen LogP) is 2.66. The van der Waals surface area contributed by atoms with Crippen LogP contribution in [0, 0.1) is 0 Å². The fourth-order valence-electron chi connectivity index (χ4n) is 2.23. The van der Waals surface area contributed by atoms with Crippen molar-refractivity contribution in [1.29, 1.82) is 0 Å².